The van der Waals surface area contributed by atoms with Crippen molar-refractivity contribution in [2.24, 2.45) is 5.73 Å². The summed E-state index contributed by atoms with van der Waals surface area (Å²) in [5.74, 6) is 0.188. The Kier molecular flexibility index (Phi) is 5.64. The summed E-state index contributed by atoms with van der Waals surface area (Å²) in [6.45, 7) is 1.97. The summed E-state index contributed by atoms with van der Waals surface area (Å²) in [5.41, 5.74) is 5.34. The van der Waals surface area contributed by atoms with Crippen molar-refractivity contribution in [3.05, 3.63) is 48.5 Å². The minimum atomic E-state index is -3.78. The highest BCUT2D eigenvalue weighted by atomic mass is 32.2. The fourth-order valence-corrected chi connectivity index (χ4v) is 2.98. The number of hydrogen-bond acceptors (Lipinski definition) is 5. The van der Waals surface area contributed by atoms with Gasteiger partial charge in [0.25, 0.3) is 15.9 Å². The quantitative estimate of drug-likeness (QED) is 0.754. The minimum Gasteiger partial charge on any atom is -0.492 e. The third-order valence-corrected chi connectivity index (χ3v) is 4.33. The van der Waals surface area contributed by atoms with E-state index in [1.807, 2.05) is 6.92 Å². The smallest absolute Gasteiger partial charge is 0.262 e. The van der Waals surface area contributed by atoms with Gasteiger partial charge >= 0.3 is 0 Å². The van der Waals surface area contributed by atoms with Crippen LogP contribution in [-0.2, 0) is 14.8 Å². The molecule has 0 saturated carbocycles. The molecule has 0 fully saturated rings. The lowest BCUT2D eigenvalue weighted by Crippen LogP contribution is -2.20. The van der Waals surface area contributed by atoms with Crippen molar-refractivity contribution in [1.29, 1.82) is 0 Å². The van der Waals surface area contributed by atoms with Gasteiger partial charge in [-0.2, -0.15) is 0 Å². The second kappa shape index (κ2) is 7.69. The first-order valence-corrected chi connectivity index (χ1v) is 8.66. The Morgan fingerprint density at radius 2 is 1.75 bits per heavy atom. The molecule has 0 radical (unpaired) electrons. The minimum absolute atomic E-state index is 0.0558. The largest absolute Gasteiger partial charge is 0.492 e. The number of nitrogens with one attached hydrogen (secondary N) is 1. The van der Waals surface area contributed by atoms with Crippen LogP contribution >= 0.6 is 0 Å². The standard InChI is InChI=1S/C16H18N2O5S/c1-2-22-15-6-4-3-5-14(15)18-24(20,21)13-9-7-12(8-10-13)23-11-16(17)19/h3-10,18H,2,11H2,1H3,(H2,17,19). The Morgan fingerprint density at radius 3 is 2.38 bits per heavy atom. The van der Waals surface area contributed by atoms with Crippen LogP contribution in [-0.4, -0.2) is 27.5 Å². The van der Waals surface area contributed by atoms with Gasteiger partial charge in [0.15, 0.2) is 6.61 Å². The van der Waals surface area contributed by atoms with Crippen molar-refractivity contribution in [2.75, 3.05) is 17.9 Å². The van der Waals surface area contributed by atoms with Gasteiger partial charge in [-0.25, -0.2) is 8.42 Å². The van der Waals surface area contributed by atoms with Gasteiger partial charge in [-0.1, -0.05) is 12.1 Å². The summed E-state index contributed by atoms with van der Waals surface area (Å²) in [5, 5.41) is 0. The van der Waals surface area contributed by atoms with Crippen LogP contribution in [0.4, 0.5) is 5.69 Å². The summed E-state index contributed by atoms with van der Waals surface area (Å²) in [7, 11) is -3.78. The molecule has 0 unspecified atom stereocenters. The van der Waals surface area contributed by atoms with E-state index >= 15 is 0 Å². The first kappa shape index (κ1) is 17.6. The molecule has 0 aliphatic heterocycles. The highest BCUT2D eigenvalue weighted by Gasteiger charge is 2.16. The van der Waals surface area contributed by atoms with Crippen molar-refractivity contribution in [3.63, 3.8) is 0 Å². The molecule has 3 N–H and O–H groups in total. The van der Waals surface area contributed by atoms with Crippen molar-refractivity contribution in [1.82, 2.24) is 0 Å². The normalized spacial score (nSPS) is 10.9. The third-order valence-electron chi connectivity index (χ3n) is 2.95. The molecule has 2 aromatic rings. The number of carbonyl (C=O) groups is 1. The first-order valence-electron chi connectivity index (χ1n) is 7.18. The molecule has 0 heterocycles. The number of carbonyl (C=O) groups excluding carboxylic acids is 1. The van der Waals surface area contributed by atoms with Gasteiger partial charge in [0, 0.05) is 0 Å². The van der Waals surface area contributed by atoms with Crippen molar-refractivity contribution < 1.29 is 22.7 Å². The van der Waals surface area contributed by atoms with E-state index in [1.165, 1.54) is 24.3 Å². The lowest BCUT2D eigenvalue weighted by molar-refractivity contribution is -0.119. The van der Waals surface area contributed by atoms with E-state index in [1.54, 1.807) is 24.3 Å². The Morgan fingerprint density at radius 1 is 1.08 bits per heavy atom. The topological polar surface area (TPSA) is 108 Å². The van der Waals surface area contributed by atoms with E-state index in [0.29, 0.717) is 23.8 Å². The molecule has 0 saturated heterocycles. The van der Waals surface area contributed by atoms with Gasteiger partial charge < -0.3 is 15.2 Å². The van der Waals surface area contributed by atoms with Gasteiger partial charge in [-0.3, -0.25) is 9.52 Å². The second-order valence-electron chi connectivity index (χ2n) is 4.76. The van der Waals surface area contributed by atoms with E-state index in [9.17, 15) is 13.2 Å². The van der Waals surface area contributed by atoms with Gasteiger partial charge in [-0.05, 0) is 43.3 Å². The Hall–Kier alpha value is -2.74. The van der Waals surface area contributed by atoms with Gasteiger partial charge in [0.2, 0.25) is 0 Å². The number of amides is 1. The number of benzene rings is 2. The molecule has 24 heavy (non-hydrogen) atoms. The SMILES string of the molecule is CCOc1ccccc1NS(=O)(=O)c1ccc(OCC(N)=O)cc1. The number of para-hydroxylation sites is 2. The van der Waals surface area contributed by atoms with Crippen LogP contribution in [0, 0.1) is 0 Å². The highest BCUT2D eigenvalue weighted by molar-refractivity contribution is 7.92. The molecule has 0 atom stereocenters. The van der Waals surface area contributed by atoms with Crippen LogP contribution in [0.25, 0.3) is 0 Å². The average Bonchev–Trinajstić information content (AvgIpc) is 2.55. The van der Waals surface area contributed by atoms with Crippen LogP contribution in [0.3, 0.4) is 0 Å². The van der Waals surface area contributed by atoms with E-state index in [-0.39, 0.29) is 11.5 Å². The van der Waals surface area contributed by atoms with E-state index < -0.39 is 15.9 Å². The highest BCUT2D eigenvalue weighted by Crippen LogP contribution is 2.27. The molecular weight excluding hydrogens is 332 g/mol. The van der Waals surface area contributed by atoms with Gasteiger partial charge in [0.1, 0.15) is 11.5 Å². The number of ether oxygens (including phenoxy) is 2. The zero-order valence-corrected chi connectivity index (χ0v) is 13.9. The number of hydrogen-bond donors (Lipinski definition) is 2. The molecule has 0 spiro atoms. The second-order valence-corrected chi connectivity index (χ2v) is 6.44. The summed E-state index contributed by atoms with van der Waals surface area (Å²) < 4.78 is 37.9. The van der Waals surface area contributed by atoms with Crippen LogP contribution in [0.5, 0.6) is 11.5 Å². The number of rotatable bonds is 8. The number of nitrogens with two attached hydrogens (primary N) is 1. The van der Waals surface area contributed by atoms with Crippen molar-refractivity contribution in [2.45, 2.75) is 11.8 Å². The summed E-state index contributed by atoms with van der Waals surface area (Å²) in [6, 6.07) is 12.4. The molecule has 2 aromatic carbocycles. The predicted molar refractivity (Wildman–Crippen MR) is 89.6 cm³/mol. The molecule has 128 valence electrons. The van der Waals surface area contributed by atoms with E-state index in [0.717, 1.165) is 0 Å². The van der Waals surface area contributed by atoms with E-state index in [2.05, 4.69) is 4.72 Å². The fourth-order valence-electron chi connectivity index (χ4n) is 1.91. The van der Waals surface area contributed by atoms with Gasteiger partial charge in [-0.15, -0.1) is 0 Å². The molecule has 0 aromatic heterocycles. The maximum Gasteiger partial charge on any atom is 0.262 e. The van der Waals surface area contributed by atoms with Crippen LogP contribution in [0.2, 0.25) is 0 Å². The molecule has 8 heteroatoms. The zero-order valence-electron chi connectivity index (χ0n) is 13.1. The Balaban J connectivity index is 2.17. The van der Waals surface area contributed by atoms with Crippen LogP contribution in [0.15, 0.2) is 53.4 Å². The average molecular weight is 350 g/mol. The molecule has 1 amide bonds. The first-order chi connectivity index (χ1) is 11.4. The number of primary amides is 1. The third kappa shape index (κ3) is 4.63. The summed E-state index contributed by atoms with van der Waals surface area (Å²) in [4.78, 5) is 10.7. The fraction of sp³-hybridized carbons (Fsp3) is 0.188. The summed E-state index contributed by atoms with van der Waals surface area (Å²) >= 11 is 0. The lowest BCUT2D eigenvalue weighted by Gasteiger charge is -2.13. The predicted octanol–water partition coefficient (Wildman–Crippen LogP) is 1.75. The number of anilines is 1. The molecule has 0 aliphatic carbocycles. The van der Waals surface area contributed by atoms with E-state index in [4.69, 9.17) is 15.2 Å². The molecule has 7 nitrogen and oxygen atoms in total. The van der Waals surface area contributed by atoms with Crippen molar-refractivity contribution >= 4 is 21.6 Å². The number of sulfonamides is 1. The Bertz CT molecular complexity index is 803. The summed E-state index contributed by atoms with van der Waals surface area (Å²) in [6.07, 6.45) is 0. The van der Waals surface area contributed by atoms with Crippen LogP contribution in [0.1, 0.15) is 6.92 Å². The van der Waals surface area contributed by atoms with Gasteiger partial charge in [0.05, 0.1) is 17.2 Å². The Labute approximate surface area is 140 Å². The zero-order chi connectivity index (χ0) is 17.6. The van der Waals surface area contributed by atoms with Crippen LogP contribution < -0.4 is 19.9 Å². The lowest BCUT2D eigenvalue weighted by atomic mass is 10.3. The molecule has 0 aliphatic rings. The maximum atomic E-state index is 12.5. The molecular formula is C16H18N2O5S. The monoisotopic (exact) mass is 350 g/mol. The molecule has 2 rings (SSSR count). The maximum absolute atomic E-state index is 12.5. The molecule has 0 bridgehead atoms. The van der Waals surface area contributed by atoms with Crippen molar-refractivity contribution in [3.8, 4) is 11.5 Å².